The van der Waals surface area contributed by atoms with Crippen molar-refractivity contribution in [3.63, 3.8) is 0 Å². The summed E-state index contributed by atoms with van der Waals surface area (Å²) in [6.45, 7) is 1.86. The average molecular weight is 461 g/mol. The zero-order valence-corrected chi connectivity index (χ0v) is 17.8. The molecule has 1 heterocycles. The van der Waals surface area contributed by atoms with Crippen LogP contribution in [0.25, 0.3) is 6.08 Å². The van der Waals surface area contributed by atoms with E-state index in [1.807, 2.05) is 6.92 Å². The number of benzene rings is 2. The van der Waals surface area contributed by atoms with E-state index in [1.54, 1.807) is 36.4 Å². The number of nitrogens with one attached hydrogen (secondary N) is 1. The van der Waals surface area contributed by atoms with Crippen molar-refractivity contribution in [2.45, 2.75) is 18.0 Å². The molecule has 0 amide bonds. The Morgan fingerprint density at radius 3 is 2.48 bits per heavy atom. The molecular formula is C17H14Cl2N2O3S3. The summed E-state index contributed by atoms with van der Waals surface area (Å²) in [5.41, 5.74) is 1.64. The maximum atomic E-state index is 12.6. The Hall–Kier alpha value is -1.13. The number of hydrazine groups is 1. The molecule has 0 bridgehead atoms. The van der Waals surface area contributed by atoms with Gasteiger partial charge in [0.05, 0.1) is 14.9 Å². The second kappa shape index (κ2) is 8.08. The second-order valence-electron chi connectivity index (χ2n) is 5.74. The SMILES string of the molecule is Cc1ccc(S(=O)(=O)NN2C(=S)S/C(=C\c3ccc(Cl)c(Cl)c3)C2O)cc1. The van der Waals surface area contributed by atoms with Crippen LogP contribution in [0.3, 0.4) is 0 Å². The average Bonchev–Trinajstić information content (AvgIpc) is 2.86. The smallest absolute Gasteiger partial charge is 0.257 e. The minimum Gasteiger partial charge on any atom is -0.368 e. The van der Waals surface area contributed by atoms with Gasteiger partial charge < -0.3 is 5.11 Å². The molecule has 27 heavy (non-hydrogen) atoms. The van der Waals surface area contributed by atoms with Crippen LogP contribution in [-0.4, -0.2) is 29.1 Å². The van der Waals surface area contributed by atoms with Crippen molar-refractivity contribution in [1.82, 2.24) is 9.84 Å². The van der Waals surface area contributed by atoms with E-state index < -0.39 is 16.3 Å². The molecule has 2 N–H and O–H groups in total. The quantitative estimate of drug-likeness (QED) is 0.666. The summed E-state index contributed by atoms with van der Waals surface area (Å²) in [4.78, 5) is 2.87. The molecule has 0 aliphatic carbocycles. The van der Waals surface area contributed by atoms with Gasteiger partial charge in [-0.15, -0.1) is 4.83 Å². The Morgan fingerprint density at radius 1 is 1.19 bits per heavy atom. The molecule has 10 heteroatoms. The molecule has 3 rings (SSSR count). The lowest BCUT2D eigenvalue weighted by atomic mass is 10.2. The van der Waals surface area contributed by atoms with E-state index in [-0.39, 0.29) is 9.22 Å². The summed E-state index contributed by atoms with van der Waals surface area (Å²) in [5.74, 6) is 0. The first-order chi connectivity index (χ1) is 12.7. The largest absolute Gasteiger partial charge is 0.368 e. The zero-order valence-electron chi connectivity index (χ0n) is 13.9. The summed E-state index contributed by atoms with van der Waals surface area (Å²) in [7, 11) is -3.89. The van der Waals surface area contributed by atoms with Gasteiger partial charge in [0.1, 0.15) is 0 Å². The van der Waals surface area contributed by atoms with Crippen molar-refractivity contribution in [3.8, 4) is 0 Å². The standard InChI is InChI=1S/C17H14Cl2N2O3S3/c1-10-2-5-12(6-3-10)27(23,24)20-21-16(22)15(26-17(21)25)9-11-4-7-13(18)14(19)8-11/h2-9,16,20,22H,1H3/b15-9-. The molecule has 0 radical (unpaired) electrons. The van der Waals surface area contributed by atoms with Crippen LogP contribution < -0.4 is 4.83 Å². The van der Waals surface area contributed by atoms with Gasteiger partial charge in [-0.25, -0.2) is 13.4 Å². The summed E-state index contributed by atoms with van der Waals surface area (Å²) in [6.07, 6.45) is 0.418. The number of nitrogens with zero attached hydrogens (tertiary/aromatic N) is 1. The van der Waals surface area contributed by atoms with E-state index in [2.05, 4.69) is 4.83 Å². The first kappa shape index (κ1) is 20.6. The van der Waals surface area contributed by atoms with Crippen molar-refractivity contribution < 1.29 is 13.5 Å². The summed E-state index contributed by atoms with van der Waals surface area (Å²) >= 11 is 18.2. The number of rotatable bonds is 4. The number of hydrogen-bond acceptors (Lipinski definition) is 5. The van der Waals surface area contributed by atoms with E-state index in [0.717, 1.165) is 22.3 Å². The first-order valence-electron chi connectivity index (χ1n) is 7.62. The normalized spacial score (nSPS) is 19.1. The number of aliphatic hydroxyl groups excluding tert-OH is 1. The highest BCUT2D eigenvalue weighted by Crippen LogP contribution is 2.35. The maximum Gasteiger partial charge on any atom is 0.257 e. The monoisotopic (exact) mass is 460 g/mol. The predicted octanol–water partition coefficient (Wildman–Crippen LogP) is 4.19. The topological polar surface area (TPSA) is 69.6 Å². The van der Waals surface area contributed by atoms with Crippen LogP contribution in [0.4, 0.5) is 0 Å². The highest BCUT2D eigenvalue weighted by atomic mass is 35.5. The minimum absolute atomic E-state index is 0.0787. The van der Waals surface area contributed by atoms with Crippen molar-refractivity contribution in [2.24, 2.45) is 0 Å². The number of aryl methyl sites for hydroxylation is 1. The third kappa shape index (κ3) is 4.65. The number of thioether (sulfide) groups is 1. The van der Waals surface area contributed by atoms with Gasteiger partial charge in [-0.05, 0) is 42.8 Å². The van der Waals surface area contributed by atoms with E-state index in [0.29, 0.717) is 20.5 Å². The van der Waals surface area contributed by atoms with Crippen molar-refractivity contribution >= 4 is 67.6 Å². The molecule has 1 fully saturated rings. The molecule has 0 spiro atoms. The molecule has 1 aliphatic rings. The van der Waals surface area contributed by atoms with Crippen LogP contribution in [0.5, 0.6) is 0 Å². The van der Waals surface area contributed by atoms with Crippen LogP contribution in [0.2, 0.25) is 10.0 Å². The Morgan fingerprint density at radius 2 is 1.85 bits per heavy atom. The highest BCUT2D eigenvalue weighted by molar-refractivity contribution is 8.26. The Kier molecular flexibility index (Phi) is 6.17. The first-order valence-corrected chi connectivity index (χ1v) is 11.1. The Labute approximate surface area is 177 Å². The van der Waals surface area contributed by atoms with Gasteiger partial charge in [-0.1, -0.05) is 70.9 Å². The lowest BCUT2D eigenvalue weighted by Crippen LogP contribution is -2.46. The van der Waals surface area contributed by atoms with Gasteiger partial charge in [0.2, 0.25) is 0 Å². The molecule has 1 atom stereocenters. The molecule has 2 aromatic carbocycles. The number of halogens is 2. The third-order valence-corrected chi connectivity index (χ3v) is 7.15. The molecule has 0 saturated carbocycles. The number of thiocarbonyl (C=S) groups is 1. The fraction of sp³-hybridized carbons (Fsp3) is 0.118. The van der Waals surface area contributed by atoms with Crippen molar-refractivity contribution in [3.05, 3.63) is 68.5 Å². The van der Waals surface area contributed by atoms with Gasteiger partial charge in [-0.3, -0.25) is 0 Å². The van der Waals surface area contributed by atoms with E-state index in [9.17, 15) is 13.5 Å². The van der Waals surface area contributed by atoms with Gasteiger partial charge in [0, 0.05) is 4.91 Å². The number of sulfonamides is 1. The van der Waals surface area contributed by atoms with Crippen LogP contribution in [0.15, 0.2) is 52.3 Å². The number of hydrogen-bond donors (Lipinski definition) is 2. The van der Waals surface area contributed by atoms with Crippen molar-refractivity contribution in [1.29, 1.82) is 0 Å². The molecule has 2 aromatic rings. The molecule has 1 aliphatic heterocycles. The second-order valence-corrected chi connectivity index (χ2v) is 9.92. The molecular weight excluding hydrogens is 447 g/mol. The number of aliphatic hydroxyl groups is 1. The predicted molar refractivity (Wildman–Crippen MR) is 114 cm³/mol. The maximum absolute atomic E-state index is 12.6. The fourth-order valence-corrected chi connectivity index (χ4v) is 5.04. The van der Waals surface area contributed by atoms with Crippen LogP contribution in [0.1, 0.15) is 11.1 Å². The molecule has 1 unspecified atom stereocenters. The molecule has 1 saturated heterocycles. The minimum atomic E-state index is -3.89. The van der Waals surface area contributed by atoms with E-state index in [1.165, 1.54) is 12.1 Å². The molecule has 0 aromatic heterocycles. The molecule has 5 nitrogen and oxygen atoms in total. The van der Waals surface area contributed by atoms with Crippen LogP contribution in [-0.2, 0) is 10.0 Å². The Bertz CT molecular complexity index is 1020. The summed E-state index contributed by atoms with van der Waals surface area (Å²) in [6, 6.07) is 11.4. The molecule has 142 valence electrons. The lowest BCUT2D eigenvalue weighted by molar-refractivity contribution is 0.0880. The lowest BCUT2D eigenvalue weighted by Gasteiger charge is -2.22. The Balaban J connectivity index is 1.83. The van der Waals surface area contributed by atoms with E-state index >= 15 is 0 Å². The third-order valence-electron chi connectivity index (χ3n) is 3.70. The fourth-order valence-electron chi connectivity index (χ4n) is 2.29. The summed E-state index contributed by atoms with van der Waals surface area (Å²) < 4.78 is 25.3. The van der Waals surface area contributed by atoms with Gasteiger partial charge in [-0.2, -0.15) is 0 Å². The van der Waals surface area contributed by atoms with Crippen molar-refractivity contribution in [2.75, 3.05) is 0 Å². The van der Waals surface area contributed by atoms with Gasteiger partial charge in [0.25, 0.3) is 10.0 Å². The van der Waals surface area contributed by atoms with Crippen LogP contribution in [0, 0.1) is 6.92 Å². The zero-order chi connectivity index (χ0) is 19.8. The summed E-state index contributed by atoms with van der Waals surface area (Å²) in [5, 5.41) is 12.4. The highest BCUT2D eigenvalue weighted by Gasteiger charge is 2.35. The van der Waals surface area contributed by atoms with Gasteiger partial charge >= 0.3 is 0 Å². The van der Waals surface area contributed by atoms with Gasteiger partial charge in [0.15, 0.2) is 10.5 Å². The van der Waals surface area contributed by atoms with E-state index in [4.69, 9.17) is 35.4 Å². The van der Waals surface area contributed by atoms with Crippen LogP contribution >= 0.6 is 47.2 Å².